The molecule has 0 aliphatic rings. The van der Waals surface area contributed by atoms with Gasteiger partial charge >= 0.3 is 12.4 Å². The molecule has 0 saturated carbocycles. The summed E-state index contributed by atoms with van der Waals surface area (Å²) in [7, 11) is 2.35. The molecule has 2 aromatic heterocycles. The average molecular weight is 518 g/mol. The van der Waals surface area contributed by atoms with Gasteiger partial charge in [0, 0.05) is 24.6 Å². The van der Waals surface area contributed by atoms with Crippen molar-refractivity contribution in [2.24, 2.45) is 4.99 Å². The molecule has 9 nitrogen and oxygen atoms in total. The van der Waals surface area contributed by atoms with Crippen LogP contribution in [0.1, 0.15) is 17.3 Å². The Bertz CT molecular complexity index is 1250. The number of aliphatic imine (C=N–C) groups is 1. The monoisotopic (exact) mass is 518 g/mol. The minimum Gasteiger partial charge on any atom is -0.493 e. The van der Waals surface area contributed by atoms with E-state index in [-0.39, 0.29) is 52.1 Å². The molecule has 0 saturated heterocycles. The SMILES string of the molecule is C=Nc1cc(CNc2nc(C)nc3cc(OC)c(OC(COC)C(F)(F)F)cc23)nc(C(F)(F)F)n1. The molecule has 0 aliphatic heterocycles. The van der Waals surface area contributed by atoms with Gasteiger partial charge in [0.1, 0.15) is 11.6 Å². The second-order valence-corrected chi connectivity index (χ2v) is 7.29. The third kappa shape index (κ3) is 6.27. The van der Waals surface area contributed by atoms with Crippen LogP contribution in [-0.2, 0) is 17.5 Å². The number of nitrogens with one attached hydrogen (secondary N) is 1. The zero-order valence-corrected chi connectivity index (χ0v) is 19.2. The molecule has 194 valence electrons. The van der Waals surface area contributed by atoms with Crippen LogP contribution in [0.4, 0.5) is 38.0 Å². The predicted molar refractivity (Wildman–Crippen MR) is 117 cm³/mol. The Balaban J connectivity index is 2.02. The first kappa shape index (κ1) is 26.8. The molecule has 1 unspecified atom stereocenters. The fourth-order valence-electron chi connectivity index (χ4n) is 3.09. The Morgan fingerprint density at radius 2 is 1.72 bits per heavy atom. The topological polar surface area (TPSA) is 104 Å². The number of aromatic nitrogens is 4. The lowest BCUT2D eigenvalue weighted by atomic mass is 10.2. The highest BCUT2D eigenvalue weighted by Gasteiger charge is 2.42. The maximum atomic E-state index is 13.4. The first-order valence-electron chi connectivity index (χ1n) is 10.1. The largest absolute Gasteiger partial charge is 0.493 e. The maximum Gasteiger partial charge on any atom is 0.451 e. The quantitative estimate of drug-likeness (QED) is 0.323. The number of methoxy groups -OCH3 is 2. The number of alkyl halides is 6. The summed E-state index contributed by atoms with van der Waals surface area (Å²) >= 11 is 0. The van der Waals surface area contributed by atoms with E-state index in [4.69, 9.17) is 9.47 Å². The lowest BCUT2D eigenvalue weighted by molar-refractivity contribution is -0.206. The highest BCUT2D eigenvalue weighted by atomic mass is 19.4. The molecule has 0 fully saturated rings. The summed E-state index contributed by atoms with van der Waals surface area (Å²) in [4.78, 5) is 18.7. The van der Waals surface area contributed by atoms with E-state index in [1.807, 2.05) is 0 Å². The first-order chi connectivity index (χ1) is 16.8. The summed E-state index contributed by atoms with van der Waals surface area (Å²) in [5.41, 5.74) is 0.211. The van der Waals surface area contributed by atoms with E-state index in [1.165, 1.54) is 25.3 Å². The average Bonchev–Trinajstić information content (AvgIpc) is 2.80. The number of hydrogen-bond donors (Lipinski definition) is 1. The van der Waals surface area contributed by atoms with Gasteiger partial charge in [-0.15, -0.1) is 0 Å². The molecule has 2 heterocycles. The highest BCUT2D eigenvalue weighted by Crippen LogP contribution is 2.37. The van der Waals surface area contributed by atoms with Crippen LogP contribution >= 0.6 is 0 Å². The second-order valence-electron chi connectivity index (χ2n) is 7.29. The Hall–Kier alpha value is -3.75. The maximum absolute atomic E-state index is 13.4. The second kappa shape index (κ2) is 10.5. The van der Waals surface area contributed by atoms with Crippen molar-refractivity contribution >= 4 is 29.3 Å². The Kier molecular flexibility index (Phi) is 7.81. The van der Waals surface area contributed by atoms with Crippen molar-refractivity contribution in [1.82, 2.24) is 19.9 Å². The normalized spacial score (nSPS) is 12.9. The number of ether oxygens (including phenoxy) is 3. The minimum absolute atomic E-state index is 0.0239. The summed E-state index contributed by atoms with van der Waals surface area (Å²) in [6.07, 6.45) is -11.8. The van der Waals surface area contributed by atoms with E-state index in [1.54, 1.807) is 6.92 Å². The van der Waals surface area contributed by atoms with Crippen LogP contribution in [0.25, 0.3) is 10.9 Å². The number of halogens is 6. The van der Waals surface area contributed by atoms with Gasteiger partial charge < -0.3 is 19.5 Å². The van der Waals surface area contributed by atoms with Gasteiger partial charge in [-0.25, -0.2) is 24.9 Å². The Labute approximate surface area is 200 Å². The van der Waals surface area contributed by atoms with Crippen LogP contribution < -0.4 is 14.8 Å². The lowest BCUT2D eigenvalue weighted by Crippen LogP contribution is -2.38. The van der Waals surface area contributed by atoms with Crippen molar-refractivity contribution in [3.05, 3.63) is 35.5 Å². The Morgan fingerprint density at radius 1 is 1.00 bits per heavy atom. The molecule has 0 spiro atoms. The molecule has 0 aliphatic carbocycles. The summed E-state index contributed by atoms with van der Waals surface area (Å²) in [6, 6.07) is 3.79. The van der Waals surface area contributed by atoms with Crippen molar-refractivity contribution in [3.8, 4) is 11.5 Å². The van der Waals surface area contributed by atoms with Crippen molar-refractivity contribution in [2.45, 2.75) is 31.9 Å². The zero-order chi connectivity index (χ0) is 26.7. The zero-order valence-electron chi connectivity index (χ0n) is 19.2. The molecule has 36 heavy (non-hydrogen) atoms. The van der Waals surface area contributed by atoms with Gasteiger partial charge in [-0.1, -0.05) is 0 Å². The van der Waals surface area contributed by atoms with Crippen LogP contribution in [0.5, 0.6) is 11.5 Å². The van der Waals surface area contributed by atoms with Crippen molar-refractivity contribution < 1.29 is 40.6 Å². The van der Waals surface area contributed by atoms with Crippen LogP contribution in [0.2, 0.25) is 0 Å². The molecule has 1 aromatic carbocycles. The highest BCUT2D eigenvalue weighted by molar-refractivity contribution is 5.91. The van der Waals surface area contributed by atoms with Gasteiger partial charge in [-0.05, 0) is 19.7 Å². The number of aryl methyl sites for hydroxylation is 1. The van der Waals surface area contributed by atoms with E-state index in [0.29, 0.717) is 0 Å². The van der Waals surface area contributed by atoms with Gasteiger partial charge in [-0.2, -0.15) is 26.3 Å². The first-order valence-corrected chi connectivity index (χ1v) is 10.1. The van der Waals surface area contributed by atoms with E-state index in [2.05, 4.69) is 41.7 Å². The summed E-state index contributed by atoms with van der Waals surface area (Å²) in [5, 5.41) is 3.06. The molecule has 1 N–H and O–H groups in total. The molecule has 15 heteroatoms. The molecule has 0 bridgehead atoms. The third-order valence-electron chi connectivity index (χ3n) is 4.66. The molecular weight excluding hydrogens is 498 g/mol. The van der Waals surface area contributed by atoms with Crippen LogP contribution in [0.15, 0.2) is 23.2 Å². The van der Waals surface area contributed by atoms with Crippen molar-refractivity contribution in [3.63, 3.8) is 0 Å². The van der Waals surface area contributed by atoms with Gasteiger partial charge in [0.25, 0.3) is 0 Å². The van der Waals surface area contributed by atoms with E-state index < -0.39 is 30.9 Å². The molecule has 0 radical (unpaired) electrons. The number of anilines is 1. The minimum atomic E-state index is -4.81. The van der Waals surface area contributed by atoms with E-state index >= 15 is 0 Å². The van der Waals surface area contributed by atoms with Gasteiger partial charge in [0.2, 0.25) is 11.9 Å². The smallest absolute Gasteiger partial charge is 0.451 e. The molecule has 1 atom stereocenters. The van der Waals surface area contributed by atoms with Gasteiger partial charge in [0.05, 0.1) is 31.5 Å². The summed E-state index contributed by atoms with van der Waals surface area (Å²) in [6.45, 7) is 3.72. The van der Waals surface area contributed by atoms with Crippen molar-refractivity contribution in [1.29, 1.82) is 0 Å². The third-order valence-corrected chi connectivity index (χ3v) is 4.66. The number of fused-ring (bicyclic) bond motifs is 1. The predicted octanol–water partition coefficient (Wildman–Crippen LogP) is 4.66. The number of nitrogens with zero attached hydrogens (tertiary/aromatic N) is 5. The Morgan fingerprint density at radius 3 is 2.31 bits per heavy atom. The van der Waals surface area contributed by atoms with E-state index in [0.717, 1.165) is 7.11 Å². The fourth-order valence-corrected chi connectivity index (χ4v) is 3.09. The van der Waals surface area contributed by atoms with Crippen LogP contribution in [-0.4, -0.2) is 59.8 Å². The molecule has 3 rings (SSSR count). The molecule has 3 aromatic rings. The van der Waals surface area contributed by atoms with E-state index in [9.17, 15) is 26.3 Å². The summed E-state index contributed by atoms with van der Waals surface area (Å²) < 4.78 is 94.4. The standard InChI is InChI=1S/C21H20F6N6O3/c1-10-30-13-7-14(35-4)15(36-16(9-34-3)20(22,23)24)6-12(13)18(31-10)29-8-11-5-17(28-2)33-19(32-11)21(25,26)27/h5-7,16H,2,8-9H2,1,3-4H3,(H,29,30,31). The van der Waals surface area contributed by atoms with Crippen molar-refractivity contribution in [2.75, 3.05) is 26.1 Å². The van der Waals surface area contributed by atoms with Crippen LogP contribution in [0, 0.1) is 6.92 Å². The van der Waals surface area contributed by atoms with Gasteiger partial charge in [0.15, 0.2) is 17.3 Å². The summed E-state index contributed by atoms with van der Waals surface area (Å²) in [5.74, 6) is -1.58. The lowest BCUT2D eigenvalue weighted by Gasteiger charge is -2.22. The molecular formula is C21H20F6N6O3. The molecule has 0 amide bonds. The number of benzene rings is 1. The van der Waals surface area contributed by atoms with Gasteiger partial charge in [-0.3, -0.25) is 0 Å². The van der Waals surface area contributed by atoms with Crippen LogP contribution in [0.3, 0.4) is 0 Å². The number of hydrogen-bond acceptors (Lipinski definition) is 9. The number of rotatable bonds is 9. The fraction of sp³-hybridized carbons (Fsp3) is 0.381.